The van der Waals surface area contributed by atoms with E-state index in [4.69, 9.17) is 10.8 Å². The van der Waals surface area contributed by atoms with Crippen molar-refractivity contribution in [3.8, 4) is 0 Å². The third kappa shape index (κ3) is 1.61. The number of carboxylic acids is 1. The second-order valence-electron chi connectivity index (χ2n) is 2.13. The molecule has 0 saturated carbocycles. The molecule has 0 saturated heterocycles. The van der Waals surface area contributed by atoms with E-state index in [0.717, 1.165) is 0 Å². The SMILES string of the molecule is Nc1ccc(Br)c(C(=O)O)c1Br. The molecule has 0 bridgehead atoms. The van der Waals surface area contributed by atoms with Crippen molar-refractivity contribution in [3.63, 3.8) is 0 Å². The number of halogens is 2. The number of aromatic carboxylic acids is 1. The average molecular weight is 295 g/mol. The third-order valence-electron chi connectivity index (χ3n) is 1.33. The van der Waals surface area contributed by atoms with E-state index in [1.165, 1.54) is 0 Å². The summed E-state index contributed by atoms with van der Waals surface area (Å²) in [5.74, 6) is -1.01. The van der Waals surface area contributed by atoms with Crippen LogP contribution in [0.2, 0.25) is 0 Å². The van der Waals surface area contributed by atoms with Crippen LogP contribution in [0.4, 0.5) is 5.69 Å². The molecule has 1 aromatic carbocycles. The smallest absolute Gasteiger partial charge is 0.338 e. The van der Waals surface area contributed by atoms with E-state index in [-0.39, 0.29) is 5.56 Å². The maximum atomic E-state index is 10.7. The summed E-state index contributed by atoms with van der Waals surface area (Å²) < 4.78 is 0.917. The second-order valence-corrected chi connectivity index (χ2v) is 3.78. The topological polar surface area (TPSA) is 63.3 Å². The van der Waals surface area contributed by atoms with E-state index in [2.05, 4.69) is 31.9 Å². The van der Waals surface area contributed by atoms with E-state index in [9.17, 15) is 4.79 Å². The summed E-state index contributed by atoms with van der Waals surface area (Å²) >= 11 is 6.21. The molecular formula is C7H5Br2NO2. The van der Waals surface area contributed by atoms with Gasteiger partial charge in [-0.15, -0.1) is 0 Å². The quantitative estimate of drug-likeness (QED) is 0.782. The van der Waals surface area contributed by atoms with Crippen molar-refractivity contribution in [1.29, 1.82) is 0 Å². The van der Waals surface area contributed by atoms with Gasteiger partial charge in [0, 0.05) is 10.2 Å². The molecule has 64 valence electrons. The van der Waals surface area contributed by atoms with Gasteiger partial charge < -0.3 is 10.8 Å². The van der Waals surface area contributed by atoms with Crippen molar-refractivity contribution >= 4 is 43.5 Å². The summed E-state index contributed by atoms with van der Waals surface area (Å²) in [5, 5.41) is 8.76. The zero-order valence-electron chi connectivity index (χ0n) is 5.84. The zero-order valence-corrected chi connectivity index (χ0v) is 9.02. The van der Waals surface area contributed by atoms with Gasteiger partial charge in [-0.05, 0) is 44.0 Å². The fourth-order valence-electron chi connectivity index (χ4n) is 0.765. The van der Waals surface area contributed by atoms with Crippen molar-refractivity contribution in [1.82, 2.24) is 0 Å². The van der Waals surface area contributed by atoms with Gasteiger partial charge >= 0.3 is 5.97 Å². The van der Waals surface area contributed by atoms with Crippen LogP contribution in [0.25, 0.3) is 0 Å². The van der Waals surface area contributed by atoms with E-state index in [0.29, 0.717) is 14.6 Å². The highest BCUT2D eigenvalue weighted by molar-refractivity contribution is 9.11. The van der Waals surface area contributed by atoms with Gasteiger partial charge in [0.15, 0.2) is 0 Å². The Labute approximate surface area is 85.8 Å². The summed E-state index contributed by atoms with van der Waals surface area (Å²) in [7, 11) is 0. The number of hydrogen-bond acceptors (Lipinski definition) is 2. The Morgan fingerprint density at radius 1 is 1.42 bits per heavy atom. The molecule has 0 spiro atoms. The fourth-order valence-corrected chi connectivity index (χ4v) is 2.05. The molecule has 0 unspecified atom stereocenters. The Kier molecular flexibility index (Phi) is 2.74. The normalized spacial score (nSPS) is 9.83. The lowest BCUT2D eigenvalue weighted by atomic mass is 10.2. The molecule has 0 aliphatic carbocycles. The molecule has 3 N–H and O–H groups in total. The van der Waals surface area contributed by atoms with Crippen LogP contribution < -0.4 is 5.73 Å². The fraction of sp³-hybridized carbons (Fsp3) is 0. The molecule has 0 radical (unpaired) electrons. The molecule has 0 aliphatic rings. The van der Waals surface area contributed by atoms with Gasteiger partial charge in [0.1, 0.15) is 0 Å². The molecule has 3 nitrogen and oxygen atoms in total. The van der Waals surface area contributed by atoms with Crippen LogP contribution in [-0.4, -0.2) is 11.1 Å². The Morgan fingerprint density at radius 2 is 2.00 bits per heavy atom. The Bertz CT molecular complexity index is 338. The zero-order chi connectivity index (χ0) is 9.30. The third-order valence-corrected chi connectivity index (χ3v) is 2.85. The highest BCUT2D eigenvalue weighted by Crippen LogP contribution is 2.30. The van der Waals surface area contributed by atoms with Crippen molar-refractivity contribution in [2.75, 3.05) is 5.73 Å². The minimum atomic E-state index is -1.01. The van der Waals surface area contributed by atoms with Crippen molar-refractivity contribution in [2.24, 2.45) is 0 Å². The molecule has 0 heterocycles. The summed E-state index contributed by atoms with van der Waals surface area (Å²) in [5.41, 5.74) is 6.06. The predicted molar refractivity (Wildman–Crippen MR) is 53.2 cm³/mol. The number of nitrogen functional groups attached to an aromatic ring is 1. The van der Waals surface area contributed by atoms with Crippen LogP contribution in [0.15, 0.2) is 21.1 Å². The summed E-state index contributed by atoms with van der Waals surface area (Å²) in [4.78, 5) is 10.7. The van der Waals surface area contributed by atoms with Crippen molar-refractivity contribution in [3.05, 3.63) is 26.6 Å². The van der Waals surface area contributed by atoms with Gasteiger partial charge in [-0.2, -0.15) is 0 Å². The maximum absolute atomic E-state index is 10.7. The van der Waals surface area contributed by atoms with Crippen LogP contribution in [0.5, 0.6) is 0 Å². The summed E-state index contributed by atoms with van der Waals surface area (Å²) in [6, 6.07) is 3.23. The molecular weight excluding hydrogens is 290 g/mol. The highest BCUT2D eigenvalue weighted by atomic mass is 79.9. The van der Waals surface area contributed by atoms with Gasteiger partial charge in [0.05, 0.1) is 10.0 Å². The summed E-state index contributed by atoms with van der Waals surface area (Å²) in [6.07, 6.45) is 0. The van der Waals surface area contributed by atoms with Gasteiger partial charge in [-0.25, -0.2) is 4.79 Å². The molecule has 1 aromatic rings. The van der Waals surface area contributed by atoms with Gasteiger partial charge in [0.2, 0.25) is 0 Å². The van der Waals surface area contributed by atoms with Gasteiger partial charge in [-0.3, -0.25) is 0 Å². The van der Waals surface area contributed by atoms with Crippen LogP contribution in [0, 0.1) is 0 Å². The number of benzene rings is 1. The number of hydrogen-bond donors (Lipinski definition) is 2. The van der Waals surface area contributed by atoms with Crippen LogP contribution >= 0.6 is 31.9 Å². The van der Waals surface area contributed by atoms with E-state index in [1.54, 1.807) is 12.1 Å². The minimum absolute atomic E-state index is 0.148. The number of carbonyl (C=O) groups is 1. The highest BCUT2D eigenvalue weighted by Gasteiger charge is 2.14. The standard InChI is InChI=1S/C7H5Br2NO2/c8-3-1-2-4(10)6(9)5(3)7(11)12/h1-2H,10H2,(H,11,12). The first-order valence-electron chi connectivity index (χ1n) is 3.01. The lowest BCUT2D eigenvalue weighted by molar-refractivity contribution is 0.0695. The van der Waals surface area contributed by atoms with Crippen LogP contribution in [0.3, 0.4) is 0 Å². The predicted octanol–water partition coefficient (Wildman–Crippen LogP) is 2.49. The monoisotopic (exact) mass is 293 g/mol. The molecule has 0 amide bonds. The Morgan fingerprint density at radius 3 is 2.42 bits per heavy atom. The van der Waals surface area contributed by atoms with Crippen LogP contribution in [0.1, 0.15) is 10.4 Å². The second kappa shape index (κ2) is 3.45. The molecule has 0 aromatic heterocycles. The van der Waals surface area contributed by atoms with E-state index < -0.39 is 5.97 Å². The number of nitrogens with two attached hydrogens (primary N) is 1. The first-order valence-corrected chi connectivity index (χ1v) is 4.59. The lowest BCUT2D eigenvalue weighted by Crippen LogP contribution is -2.01. The Balaban J connectivity index is 3.43. The molecule has 1 rings (SSSR count). The number of carboxylic acid groups (broad SMARTS) is 1. The average Bonchev–Trinajstić information content (AvgIpc) is 1.97. The van der Waals surface area contributed by atoms with Gasteiger partial charge in [-0.1, -0.05) is 0 Å². The minimum Gasteiger partial charge on any atom is -0.478 e. The largest absolute Gasteiger partial charge is 0.478 e. The first-order chi connectivity index (χ1) is 5.54. The lowest BCUT2D eigenvalue weighted by Gasteiger charge is -2.04. The van der Waals surface area contributed by atoms with Crippen molar-refractivity contribution in [2.45, 2.75) is 0 Å². The number of rotatable bonds is 1. The molecule has 0 fully saturated rings. The summed E-state index contributed by atoms with van der Waals surface area (Å²) in [6.45, 7) is 0. The molecule has 12 heavy (non-hydrogen) atoms. The first kappa shape index (κ1) is 9.54. The van der Waals surface area contributed by atoms with E-state index in [1.807, 2.05) is 0 Å². The Hall–Kier alpha value is -0.550. The van der Waals surface area contributed by atoms with E-state index >= 15 is 0 Å². The van der Waals surface area contributed by atoms with Crippen LogP contribution in [-0.2, 0) is 0 Å². The molecule has 0 aliphatic heterocycles. The van der Waals surface area contributed by atoms with Gasteiger partial charge in [0.25, 0.3) is 0 Å². The number of anilines is 1. The maximum Gasteiger partial charge on any atom is 0.338 e. The van der Waals surface area contributed by atoms with Crippen molar-refractivity contribution < 1.29 is 9.90 Å². The molecule has 5 heteroatoms. The molecule has 0 atom stereocenters.